The second-order valence-electron chi connectivity index (χ2n) is 5.28. The molecule has 0 aromatic heterocycles. The summed E-state index contributed by atoms with van der Waals surface area (Å²) in [5.74, 6) is 0.382. The fourth-order valence-corrected chi connectivity index (χ4v) is 3.42. The van der Waals surface area contributed by atoms with E-state index in [1.807, 2.05) is 36.4 Å². The minimum Gasteiger partial charge on any atom is -0.325 e. The number of anilines is 1. The first-order valence-electron chi connectivity index (χ1n) is 6.38. The number of carbonyl (C=O) groups excluding carboxylic acids is 1. The van der Waals surface area contributed by atoms with Crippen LogP contribution in [0.4, 0.5) is 5.69 Å². The van der Waals surface area contributed by atoms with E-state index in [1.54, 1.807) is 0 Å². The maximum atomic E-state index is 12.4. The van der Waals surface area contributed by atoms with Crippen LogP contribution in [0.25, 0.3) is 0 Å². The van der Waals surface area contributed by atoms with Crippen molar-refractivity contribution in [3.05, 3.63) is 64.7 Å². The van der Waals surface area contributed by atoms with Crippen LogP contribution in [0.15, 0.2) is 48.5 Å². The smallest absolute Gasteiger partial charge is 0.235 e. The van der Waals surface area contributed by atoms with Crippen LogP contribution in [-0.2, 0) is 10.2 Å². The summed E-state index contributed by atoms with van der Waals surface area (Å²) in [5.41, 5.74) is 2.80. The lowest BCUT2D eigenvalue weighted by Gasteiger charge is -2.08. The van der Waals surface area contributed by atoms with Crippen molar-refractivity contribution in [1.82, 2.24) is 0 Å². The Morgan fingerprint density at radius 3 is 2.74 bits per heavy atom. The summed E-state index contributed by atoms with van der Waals surface area (Å²) in [7, 11) is 0. The number of benzene rings is 2. The number of hydrogen-bond donors (Lipinski definition) is 1. The van der Waals surface area contributed by atoms with E-state index in [2.05, 4.69) is 17.4 Å². The molecule has 1 fully saturated rings. The molecule has 2 aromatic carbocycles. The second-order valence-corrected chi connectivity index (χ2v) is 5.72. The van der Waals surface area contributed by atoms with Gasteiger partial charge in [-0.25, -0.2) is 0 Å². The molecule has 0 radical (unpaired) electrons. The van der Waals surface area contributed by atoms with Crippen molar-refractivity contribution in [2.45, 2.75) is 17.8 Å². The molecule has 4 rings (SSSR count). The van der Waals surface area contributed by atoms with Crippen LogP contribution in [0.1, 0.15) is 23.5 Å². The van der Waals surface area contributed by atoms with Crippen molar-refractivity contribution < 1.29 is 4.79 Å². The highest BCUT2D eigenvalue weighted by atomic mass is 35.5. The summed E-state index contributed by atoms with van der Waals surface area (Å²) < 4.78 is 0. The zero-order valence-corrected chi connectivity index (χ0v) is 10.9. The predicted octanol–water partition coefficient (Wildman–Crippen LogP) is 3.72. The van der Waals surface area contributed by atoms with Gasteiger partial charge in [-0.05, 0) is 35.7 Å². The Hall–Kier alpha value is -1.80. The zero-order valence-electron chi connectivity index (χ0n) is 10.2. The van der Waals surface area contributed by atoms with Gasteiger partial charge in [-0.3, -0.25) is 4.79 Å². The number of rotatable bonds is 1. The van der Waals surface area contributed by atoms with Crippen LogP contribution in [0.3, 0.4) is 0 Å². The molecule has 1 aliphatic carbocycles. The molecular weight excluding hydrogens is 258 g/mol. The van der Waals surface area contributed by atoms with Crippen molar-refractivity contribution in [3.63, 3.8) is 0 Å². The molecule has 19 heavy (non-hydrogen) atoms. The molecule has 1 heterocycles. The Bertz CT molecular complexity index is 682. The highest BCUT2D eigenvalue weighted by molar-refractivity contribution is 6.31. The summed E-state index contributed by atoms with van der Waals surface area (Å²) >= 11 is 6.08. The molecule has 1 aliphatic heterocycles. The lowest BCUT2D eigenvalue weighted by Crippen LogP contribution is -2.20. The molecule has 0 bridgehead atoms. The molecule has 1 spiro atoms. The summed E-state index contributed by atoms with van der Waals surface area (Å²) in [6.45, 7) is 0. The van der Waals surface area contributed by atoms with E-state index in [4.69, 9.17) is 11.6 Å². The van der Waals surface area contributed by atoms with Gasteiger partial charge in [-0.2, -0.15) is 0 Å². The maximum absolute atomic E-state index is 12.4. The average molecular weight is 270 g/mol. The Labute approximate surface area is 116 Å². The third kappa shape index (κ3) is 1.41. The molecule has 2 aromatic rings. The molecule has 1 amide bonds. The Morgan fingerprint density at radius 1 is 1.16 bits per heavy atom. The zero-order chi connectivity index (χ0) is 13.0. The maximum Gasteiger partial charge on any atom is 0.235 e. The van der Waals surface area contributed by atoms with Gasteiger partial charge in [-0.15, -0.1) is 0 Å². The molecule has 1 N–H and O–H groups in total. The third-order valence-electron chi connectivity index (χ3n) is 4.28. The van der Waals surface area contributed by atoms with Gasteiger partial charge in [-0.1, -0.05) is 41.9 Å². The predicted molar refractivity (Wildman–Crippen MR) is 75.6 cm³/mol. The first-order chi connectivity index (χ1) is 9.22. The Balaban J connectivity index is 1.82. The van der Waals surface area contributed by atoms with Gasteiger partial charge < -0.3 is 5.32 Å². The number of nitrogens with one attached hydrogen (secondary N) is 1. The molecule has 2 atom stereocenters. The SMILES string of the molecule is O=C1Nc2ccc(Cl)cc2C12CC2c1ccccc1. The van der Waals surface area contributed by atoms with Gasteiger partial charge in [0.15, 0.2) is 0 Å². The van der Waals surface area contributed by atoms with Gasteiger partial charge in [0.25, 0.3) is 0 Å². The number of hydrogen-bond acceptors (Lipinski definition) is 1. The first kappa shape index (κ1) is 11.1. The van der Waals surface area contributed by atoms with Gasteiger partial charge >= 0.3 is 0 Å². The van der Waals surface area contributed by atoms with Gasteiger partial charge in [0.2, 0.25) is 5.91 Å². The summed E-state index contributed by atoms with van der Waals surface area (Å²) in [6.07, 6.45) is 0.871. The summed E-state index contributed by atoms with van der Waals surface area (Å²) in [4.78, 5) is 12.4. The largest absolute Gasteiger partial charge is 0.325 e. The molecule has 94 valence electrons. The van der Waals surface area contributed by atoms with Crippen LogP contribution in [0, 0.1) is 0 Å². The van der Waals surface area contributed by atoms with Crippen LogP contribution in [0.2, 0.25) is 5.02 Å². The fraction of sp³-hybridized carbons (Fsp3) is 0.188. The van der Waals surface area contributed by atoms with Gasteiger partial charge in [0.05, 0.1) is 5.41 Å². The Morgan fingerprint density at radius 2 is 1.95 bits per heavy atom. The first-order valence-corrected chi connectivity index (χ1v) is 6.76. The Kier molecular flexibility index (Phi) is 2.10. The second kappa shape index (κ2) is 3.61. The van der Waals surface area contributed by atoms with E-state index in [-0.39, 0.29) is 17.2 Å². The molecule has 2 aliphatic rings. The number of amides is 1. The van der Waals surface area contributed by atoms with Crippen LogP contribution in [-0.4, -0.2) is 5.91 Å². The van der Waals surface area contributed by atoms with Crippen LogP contribution >= 0.6 is 11.6 Å². The van der Waals surface area contributed by atoms with E-state index in [0.717, 1.165) is 17.7 Å². The van der Waals surface area contributed by atoms with E-state index in [9.17, 15) is 4.79 Å². The lowest BCUT2D eigenvalue weighted by molar-refractivity contribution is -0.118. The monoisotopic (exact) mass is 269 g/mol. The minimum atomic E-state index is -0.387. The number of halogens is 1. The lowest BCUT2D eigenvalue weighted by atomic mass is 9.92. The number of carbonyl (C=O) groups is 1. The standard InChI is InChI=1S/C16H12ClNO/c17-11-6-7-14-12(8-11)16(15(19)18-14)9-13(16)10-4-2-1-3-5-10/h1-8,13H,9H2,(H,18,19). The van der Waals surface area contributed by atoms with E-state index in [1.165, 1.54) is 5.56 Å². The molecule has 2 unspecified atom stereocenters. The van der Waals surface area contributed by atoms with Crippen molar-refractivity contribution in [3.8, 4) is 0 Å². The van der Waals surface area contributed by atoms with Crippen molar-refractivity contribution in [2.24, 2.45) is 0 Å². The average Bonchev–Trinajstić information content (AvgIpc) is 3.12. The fourth-order valence-electron chi connectivity index (χ4n) is 3.25. The van der Waals surface area contributed by atoms with E-state index < -0.39 is 0 Å². The molecule has 3 heteroatoms. The van der Waals surface area contributed by atoms with Crippen molar-refractivity contribution >= 4 is 23.2 Å². The van der Waals surface area contributed by atoms with Crippen LogP contribution < -0.4 is 5.32 Å². The summed E-state index contributed by atoms with van der Waals surface area (Å²) in [5, 5.41) is 3.67. The highest BCUT2D eigenvalue weighted by Gasteiger charge is 2.65. The molecular formula is C16H12ClNO. The van der Waals surface area contributed by atoms with Crippen molar-refractivity contribution in [1.29, 1.82) is 0 Å². The molecule has 1 saturated carbocycles. The summed E-state index contributed by atoms with van der Waals surface area (Å²) in [6, 6.07) is 15.9. The van der Waals surface area contributed by atoms with Crippen molar-refractivity contribution in [2.75, 3.05) is 5.32 Å². The highest BCUT2D eigenvalue weighted by Crippen LogP contribution is 2.65. The quantitative estimate of drug-likeness (QED) is 0.840. The van der Waals surface area contributed by atoms with Gasteiger partial charge in [0, 0.05) is 16.6 Å². The van der Waals surface area contributed by atoms with E-state index in [0.29, 0.717) is 5.02 Å². The minimum absolute atomic E-state index is 0.110. The normalized spacial score (nSPS) is 27.2. The van der Waals surface area contributed by atoms with Gasteiger partial charge in [0.1, 0.15) is 0 Å². The number of fused-ring (bicyclic) bond motifs is 2. The third-order valence-corrected chi connectivity index (χ3v) is 4.51. The molecule has 2 nitrogen and oxygen atoms in total. The topological polar surface area (TPSA) is 29.1 Å². The molecule has 0 saturated heterocycles. The van der Waals surface area contributed by atoms with Crippen LogP contribution in [0.5, 0.6) is 0 Å². The van der Waals surface area contributed by atoms with E-state index >= 15 is 0 Å².